The molecule has 0 aromatic rings. The van der Waals surface area contributed by atoms with Crippen LogP contribution in [0.25, 0.3) is 0 Å². The molecule has 0 saturated heterocycles. The van der Waals surface area contributed by atoms with Crippen molar-refractivity contribution >= 4 is 17.7 Å². The third-order valence-corrected chi connectivity index (χ3v) is 2.42. The van der Waals surface area contributed by atoms with E-state index < -0.39 is 11.6 Å². The topological polar surface area (TPSA) is 75.3 Å². The molecule has 0 spiro atoms. The minimum absolute atomic E-state index is 0.235. The predicted molar refractivity (Wildman–Crippen MR) is 55.7 cm³/mol. The van der Waals surface area contributed by atoms with E-state index in [1.165, 1.54) is 11.8 Å². The molecule has 1 amide bonds. The van der Waals surface area contributed by atoms with Gasteiger partial charge in [-0.25, -0.2) is 0 Å². The largest absolute Gasteiger partial charge is 0.387 e. The van der Waals surface area contributed by atoms with Crippen LogP contribution in [-0.4, -0.2) is 41.2 Å². The maximum atomic E-state index is 11.0. The molecule has 13 heavy (non-hydrogen) atoms. The summed E-state index contributed by atoms with van der Waals surface area (Å²) >= 11 is 1.54. The van der Waals surface area contributed by atoms with Crippen LogP contribution >= 0.6 is 11.8 Å². The Kier molecular flexibility index (Phi) is 5.36. The average molecular weight is 206 g/mol. The summed E-state index contributed by atoms with van der Waals surface area (Å²) in [6.07, 6.45) is 1.90. The Hall–Kier alpha value is -0.260. The number of carbonyl (C=O) groups excluding carboxylic acids is 1. The maximum absolute atomic E-state index is 11.0. The van der Waals surface area contributed by atoms with Gasteiger partial charge in [-0.3, -0.25) is 4.79 Å². The lowest BCUT2D eigenvalue weighted by Crippen LogP contribution is -2.47. The molecule has 0 heterocycles. The summed E-state index contributed by atoms with van der Waals surface area (Å²) in [5.74, 6) is 0.355. The first kappa shape index (κ1) is 12.7. The molecule has 0 aromatic carbocycles. The zero-order valence-corrected chi connectivity index (χ0v) is 9.15. The molecule has 4 N–H and O–H groups in total. The summed E-state index contributed by atoms with van der Waals surface area (Å²) < 4.78 is 0. The van der Waals surface area contributed by atoms with Crippen LogP contribution in [0, 0.1) is 0 Å². The van der Waals surface area contributed by atoms with Gasteiger partial charge in [0.2, 0.25) is 5.91 Å². The smallest absolute Gasteiger partial charge is 0.236 e. The molecule has 2 atom stereocenters. The van der Waals surface area contributed by atoms with Crippen molar-refractivity contribution in [1.29, 1.82) is 0 Å². The highest BCUT2D eigenvalue weighted by atomic mass is 32.2. The molecule has 0 saturated carbocycles. The first-order valence-corrected chi connectivity index (χ1v) is 5.53. The molecule has 4 nitrogen and oxygen atoms in total. The van der Waals surface area contributed by atoms with E-state index in [1.807, 2.05) is 6.26 Å². The number of rotatable bonds is 5. The molecule has 0 aromatic heterocycles. The minimum Gasteiger partial charge on any atom is -0.387 e. The lowest BCUT2D eigenvalue weighted by atomic mass is 10.1. The van der Waals surface area contributed by atoms with Gasteiger partial charge >= 0.3 is 0 Å². The van der Waals surface area contributed by atoms with Crippen LogP contribution in [0.5, 0.6) is 0 Å². The van der Waals surface area contributed by atoms with E-state index in [1.54, 1.807) is 13.8 Å². The summed E-state index contributed by atoms with van der Waals surface area (Å²) in [5, 5.41) is 12.2. The van der Waals surface area contributed by atoms with Crippen molar-refractivity contribution in [2.45, 2.75) is 25.5 Å². The van der Waals surface area contributed by atoms with Crippen molar-refractivity contribution in [3.63, 3.8) is 0 Å². The second-order valence-corrected chi connectivity index (χ2v) is 4.30. The number of aliphatic hydroxyl groups is 1. The van der Waals surface area contributed by atoms with Crippen molar-refractivity contribution in [2.24, 2.45) is 5.73 Å². The lowest BCUT2D eigenvalue weighted by molar-refractivity contribution is -0.122. The standard InChI is InChI=1S/C8H18N2O2S/c1-6(9)7(11)10-4-8(2,12)5-13-3/h6,12H,4-5,9H2,1-3H3,(H,10,11)/t6-,8?/m1/s1. The Morgan fingerprint density at radius 2 is 2.31 bits per heavy atom. The summed E-state index contributed by atoms with van der Waals surface area (Å²) in [5.41, 5.74) is 4.48. The number of carbonyl (C=O) groups is 1. The third-order valence-electron chi connectivity index (χ3n) is 1.51. The second kappa shape index (κ2) is 5.47. The quantitative estimate of drug-likeness (QED) is 0.570. The van der Waals surface area contributed by atoms with Crippen molar-refractivity contribution in [2.75, 3.05) is 18.6 Å². The Bertz CT molecular complexity index is 172. The fourth-order valence-electron chi connectivity index (χ4n) is 0.801. The van der Waals surface area contributed by atoms with Gasteiger partial charge in [0.15, 0.2) is 0 Å². The molecule has 1 unspecified atom stereocenters. The first-order valence-electron chi connectivity index (χ1n) is 4.13. The highest BCUT2D eigenvalue weighted by Gasteiger charge is 2.20. The number of hydrogen-bond acceptors (Lipinski definition) is 4. The van der Waals surface area contributed by atoms with Crippen LogP contribution in [0.15, 0.2) is 0 Å². The SMILES string of the molecule is CSCC(C)(O)CNC(=O)[C@@H](C)N. The van der Waals surface area contributed by atoms with E-state index >= 15 is 0 Å². The van der Waals surface area contributed by atoms with Crippen molar-refractivity contribution in [3.05, 3.63) is 0 Å². The summed E-state index contributed by atoms with van der Waals surface area (Å²) in [7, 11) is 0. The van der Waals surface area contributed by atoms with Gasteiger partial charge in [-0.2, -0.15) is 11.8 Å². The van der Waals surface area contributed by atoms with Crippen molar-refractivity contribution in [3.8, 4) is 0 Å². The van der Waals surface area contributed by atoms with E-state index in [0.29, 0.717) is 5.75 Å². The highest BCUT2D eigenvalue weighted by molar-refractivity contribution is 7.98. The Morgan fingerprint density at radius 1 is 1.77 bits per heavy atom. The molecule has 0 radical (unpaired) electrons. The molecular weight excluding hydrogens is 188 g/mol. The zero-order chi connectivity index (χ0) is 10.5. The minimum atomic E-state index is -0.857. The van der Waals surface area contributed by atoms with E-state index in [0.717, 1.165) is 0 Å². The van der Waals surface area contributed by atoms with Crippen LogP contribution in [0.4, 0.5) is 0 Å². The Morgan fingerprint density at radius 3 is 2.69 bits per heavy atom. The number of nitrogens with one attached hydrogen (secondary N) is 1. The molecule has 0 fully saturated rings. The summed E-state index contributed by atoms with van der Waals surface area (Å²) in [6.45, 7) is 3.54. The molecule has 0 aliphatic heterocycles. The first-order chi connectivity index (χ1) is 5.89. The van der Waals surface area contributed by atoms with Gasteiger partial charge in [0.1, 0.15) is 0 Å². The number of nitrogens with two attached hydrogens (primary N) is 1. The van der Waals surface area contributed by atoms with Crippen LogP contribution in [0.1, 0.15) is 13.8 Å². The zero-order valence-electron chi connectivity index (χ0n) is 8.33. The monoisotopic (exact) mass is 206 g/mol. The summed E-state index contributed by atoms with van der Waals surface area (Å²) in [4.78, 5) is 11.0. The molecular formula is C8H18N2O2S. The van der Waals surface area contributed by atoms with E-state index in [-0.39, 0.29) is 12.5 Å². The van der Waals surface area contributed by atoms with E-state index in [2.05, 4.69) is 5.32 Å². The van der Waals surface area contributed by atoms with Crippen LogP contribution < -0.4 is 11.1 Å². The fourth-order valence-corrected chi connectivity index (χ4v) is 1.52. The number of hydrogen-bond donors (Lipinski definition) is 3. The van der Waals surface area contributed by atoms with Gasteiger partial charge < -0.3 is 16.2 Å². The Labute approximate surface area is 83.3 Å². The summed E-state index contributed by atoms with van der Waals surface area (Å²) in [6, 6.07) is -0.523. The van der Waals surface area contributed by atoms with Gasteiger partial charge in [-0.15, -0.1) is 0 Å². The van der Waals surface area contributed by atoms with Crippen molar-refractivity contribution < 1.29 is 9.90 Å². The van der Waals surface area contributed by atoms with Gasteiger partial charge in [0.25, 0.3) is 0 Å². The van der Waals surface area contributed by atoms with Crippen LogP contribution in [0.3, 0.4) is 0 Å². The van der Waals surface area contributed by atoms with Gasteiger partial charge in [0.05, 0.1) is 11.6 Å². The predicted octanol–water partition coefficient (Wildman–Crippen LogP) is -0.436. The van der Waals surface area contributed by atoms with Crippen LogP contribution in [0.2, 0.25) is 0 Å². The highest BCUT2D eigenvalue weighted by Crippen LogP contribution is 2.08. The van der Waals surface area contributed by atoms with Gasteiger partial charge in [-0.05, 0) is 20.1 Å². The molecule has 78 valence electrons. The van der Waals surface area contributed by atoms with Gasteiger partial charge in [0, 0.05) is 12.3 Å². The molecule has 0 aliphatic carbocycles. The van der Waals surface area contributed by atoms with Crippen molar-refractivity contribution in [1.82, 2.24) is 5.32 Å². The van der Waals surface area contributed by atoms with Crippen LogP contribution in [-0.2, 0) is 4.79 Å². The normalized spacial score (nSPS) is 17.6. The third kappa shape index (κ3) is 5.90. The molecule has 0 rings (SSSR count). The van der Waals surface area contributed by atoms with Gasteiger partial charge in [-0.1, -0.05) is 0 Å². The fraction of sp³-hybridized carbons (Fsp3) is 0.875. The average Bonchev–Trinajstić information content (AvgIpc) is 2.00. The molecule has 0 bridgehead atoms. The lowest BCUT2D eigenvalue weighted by Gasteiger charge is -2.22. The number of thioether (sulfide) groups is 1. The molecule has 0 aliphatic rings. The van der Waals surface area contributed by atoms with E-state index in [4.69, 9.17) is 5.73 Å². The maximum Gasteiger partial charge on any atom is 0.236 e. The second-order valence-electron chi connectivity index (χ2n) is 3.44. The molecule has 5 heteroatoms. The van der Waals surface area contributed by atoms with E-state index in [9.17, 15) is 9.90 Å². The Balaban J connectivity index is 3.80. The number of amides is 1.